The number of carboxylic acid groups (broad SMARTS) is 1. The molecule has 0 bridgehead atoms. The Labute approximate surface area is 118 Å². The lowest BCUT2D eigenvalue weighted by atomic mass is 10.2. The Hall–Kier alpha value is -3.17. The molecule has 1 heterocycles. The maximum absolute atomic E-state index is 10.9. The molecule has 0 atom stereocenters. The zero-order chi connectivity index (χ0) is 15.8. The molecule has 0 saturated carbocycles. The standard InChI is InChI=1S/C11H13N5O5/c12-9(17)7-5-8(16(20)21)10(15-6-7)13-3-1-2-4-14-11(18)19/h1-2,5-6,14H,3-4H2,(H2,12,17)(H,13,15)(H,18,19)/b2-1+. The minimum atomic E-state index is -1.15. The lowest BCUT2D eigenvalue weighted by Gasteiger charge is -2.04. The third-order valence-electron chi connectivity index (χ3n) is 2.27. The van der Waals surface area contributed by atoms with Gasteiger partial charge in [-0.1, -0.05) is 12.2 Å². The van der Waals surface area contributed by atoms with Crippen LogP contribution in [-0.2, 0) is 0 Å². The molecule has 0 aliphatic carbocycles. The molecule has 0 aliphatic heterocycles. The minimum Gasteiger partial charge on any atom is -0.465 e. The van der Waals surface area contributed by atoms with Gasteiger partial charge in [-0.05, 0) is 0 Å². The number of nitro groups is 1. The first-order chi connectivity index (χ1) is 9.91. The molecular formula is C11H13N5O5. The summed E-state index contributed by atoms with van der Waals surface area (Å²) in [7, 11) is 0. The van der Waals surface area contributed by atoms with Gasteiger partial charge in [0.25, 0.3) is 5.91 Å². The van der Waals surface area contributed by atoms with E-state index in [0.29, 0.717) is 0 Å². The Balaban J connectivity index is 2.68. The molecule has 0 spiro atoms. The van der Waals surface area contributed by atoms with E-state index in [2.05, 4.69) is 15.6 Å². The molecular weight excluding hydrogens is 282 g/mol. The van der Waals surface area contributed by atoms with E-state index in [4.69, 9.17) is 10.8 Å². The van der Waals surface area contributed by atoms with E-state index < -0.39 is 16.9 Å². The molecule has 0 radical (unpaired) electrons. The SMILES string of the molecule is NC(=O)c1cnc(NC/C=C/CNC(=O)O)c([N+](=O)[O-])c1. The number of anilines is 1. The third kappa shape index (κ3) is 5.14. The predicted molar refractivity (Wildman–Crippen MR) is 73.1 cm³/mol. The number of amides is 2. The quantitative estimate of drug-likeness (QED) is 0.320. The highest BCUT2D eigenvalue weighted by Crippen LogP contribution is 2.22. The average molecular weight is 295 g/mol. The maximum Gasteiger partial charge on any atom is 0.404 e. The maximum atomic E-state index is 10.9. The van der Waals surface area contributed by atoms with E-state index in [1.165, 1.54) is 6.08 Å². The highest BCUT2D eigenvalue weighted by molar-refractivity contribution is 5.93. The topological polar surface area (TPSA) is 160 Å². The van der Waals surface area contributed by atoms with Gasteiger partial charge >= 0.3 is 11.8 Å². The second-order valence-corrected chi connectivity index (χ2v) is 3.75. The Bertz CT molecular complexity index is 586. The number of hydrogen-bond acceptors (Lipinski definition) is 6. The van der Waals surface area contributed by atoms with Crippen LogP contribution in [0.15, 0.2) is 24.4 Å². The van der Waals surface area contributed by atoms with E-state index in [9.17, 15) is 19.7 Å². The summed E-state index contributed by atoms with van der Waals surface area (Å²) < 4.78 is 0. The van der Waals surface area contributed by atoms with Gasteiger partial charge in [0.1, 0.15) is 0 Å². The van der Waals surface area contributed by atoms with Crippen molar-refractivity contribution in [2.45, 2.75) is 0 Å². The van der Waals surface area contributed by atoms with E-state index in [0.717, 1.165) is 12.3 Å². The molecule has 10 heteroatoms. The van der Waals surface area contributed by atoms with Crippen LogP contribution in [0.2, 0.25) is 0 Å². The number of nitrogens with zero attached hydrogens (tertiary/aromatic N) is 2. The smallest absolute Gasteiger partial charge is 0.404 e. The molecule has 2 amide bonds. The van der Waals surface area contributed by atoms with Crippen LogP contribution in [0, 0.1) is 10.1 Å². The van der Waals surface area contributed by atoms with Gasteiger partial charge in [0, 0.05) is 25.4 Å². The van der Waals surface area contributed by atoms with Gasteiger partial charge in [0.15, 0.2) is 0 Å². The molecule has 5 N–H and O–H groups in total. The normalized spacial score (nSPS) is 10.3. The summed E-state index contributed by atoms with van der Waals surface area (Å²) in [5, 5.41) is 24.0. The number of nitrogens with two attached hydrogens (primary N) is 1. The van der Waals surface area contributed by atoms with Crippen molar-refractivity contribution in [1.82, 2.24) is 10.3 Å². The molecule has 0 unspecified atom stereocenters. The van der Waals surface area contributed by atoms with Gasteiger partial charge in [-0.25, -0.2) is 9.78 Å². The molecule has 0 aromatic carbocycles. The monoisotopic (exact) mass is 295 g/mol. The Morgan fingerprint density at radius 2 is 2.10 bits per heavy atom. The fraction of sp³-hybridized carbons (Fsp3) is 0.182. The van der Waals surface area contributed by atoms with Gasteiger partial charge in [-0.2, -0.15) is 0 Å². The summed E-state index contributed by atoms with van der Waals surface area (Å²) in [5.41, 5.74) is 4.59. The Kier molecular flexibility index (Phi) is 5.62. The van der Waals surface area contributed by atoms with Crippen molar-refractivity contribution >= 4 is 23.5 Å². The average Bonchev–Trinajstić information content (AvgIpc) is 2.42. The van der Waals surface area contributed by atoms with Crippen molar-refractivity contribution < 1.29 is 19.6 Å². The number of carbonyl (C=O) groups excluding carboxylic acids is 1. The van der Waals surface area contributed by atoms with Crippen LogP contribution in [-0.4, -0.2) is 40.1 Å². The fourth-order valence-electron chi connectivity index (χ4n) is 1.33. The van der Waals surface area contributed by atoms with Crippen LogP contribution in [0.25, 0.3) is 0 Å². The molecule has 1 aromatic heterocycles. The Morgan fingerprint density at radius 3 is 2.67 bits per heavy atom. The summed E-state index contributed by atoms with van der Waals surface area (Å²) >= 11 is 0. The number of rotatable bonds is 7. The van der Waals surface area contributed by atoms with Crippen molar-refractivity contribution in [2.75, 3.05) is 18.4 Å². The van der Waals surface area contributed by atoms with Crippen LogP contribution in [0.3, 0.4) is 0 Å². The molecule has 0 saturated heterocycles. The second-order valence-electron chi connectivity index (χ2n) is 3.75. The molecule has 1 rings (SSSR count). The third-order valence-corrected chi connectivity index (χ3v) is 2.27. The number of nitrogens with one attached hydrogen (secondary N) is 2. The van der Waals surface area contributed by atoms with Crippen LogP contribution < -0.4 is 16.4 Å². The summed E-state index contributed by atoms with van der Waals surface area (Å²) in [6.07, 6.45) is 3.09. The molecule has 1 aromatic rings. The lowest BCUT2D eigenvalue weighted by molar-refractivity contribution is -0.384. The summed E-state index contributed by atoms with van der Waals surface area (Å²) in [5.74, 6) is -0.822. The zero-order valence-electron chi connectivity index (χ0n) is 10.8. The lowest BCUT2D eigenvalue weighted by Crippen LogP contribution is -2.20. The van der Waals surface area contributed by atoms with Gasteiger partial charge < -0.3 is 21.5 Å². The number of pyridine rings is 1. The van der Waals surface area contributed by atoms with Crippen LogP contribution in [0.1, 0.15) is 10.4 Å². The van der Waals surface area contributed by atoms with Crippen molar-refractivity contribution in [3.63, 3.8) is 0 Å². The van der Waals surface area contributed by atoms with E-state index in [-0.39, 0.29) is 30.2 Å². The molecule has 112 valence electrons. The first-order valence-corrected chi connectivity index (χ1v) is 5.71. The minimum absolute atomic E-state index is 0.0131. The fourth-order valence-corrected chi connectivity index (χ4v) is 1.33. The van der Waals surface area contributed by atoms with Crippen LogP contribution >= 0.6 is 0 Å². The molecule has 0 aliphatic rings. The largest absolute Gasteiger partial charge is 0.465 e. The van der Waals surface area contributed by atoms with Gasteiger partial charge in [-0.15, -0.1) is 0 Å². The highest BCUT2D eigenvalue weighted by Gasteiger charge is 2.17. The number of primary amides is 1. The van der Waals surface area contributed by atoms with Crippen molar-refractivity contribution in [3.8, 4) is 0 Å². The second kappa shape index (κ2) is 7.43. The molecule has 21 heavy (non-hydrogen) atoms. The van der Waals surface area contributed by atoms with Crippen LogP contribution in [0.4, 0.5) is 16.3 Å². The van der Waals surface area contributed by atoms with Gasteiger partial charge in [0.2, 0.25) is 5.82 Å². The molecule has 10 nitrogen and oxygen atoms in total. The molecule has 0 fully saturated rings. The van der Waals surface area contributed by atoms with Gasteiger partial charge in [0.05, 0.1) is 10.5 Å². The first kappa shape index (κ1) is 15.9. The number of aromatic nitrogens is 1. The van der Waals surface area contributed by atoms with E-state index in [1.807, 2.05) is 0 Å². The summed E-state index contributed by atoms with van der Waals surface area (Å²) in [6.45, 7) is 0.318. The van der Waals surface area contributed by atoms with Crippen molar-refractivity contribution in [3.05, 3.63) is 40.1 Å². The summed E-state index contributed by atoms with van der Waals surface area (Å²) in [4.78, 5) is 35.1. The van der Waals surface area contributed by atoms with Crippen LogP contribution in [0.5, 0.6) is 0 Å². The van der Waals surface area contributed by atoms with Crippen molar-refractivity contribution in [1.29, 1.82) is 0 Å². The first-order valence-electron chi connectivity index (χ1n) is 5.71. The van der Waals surface area contributed by atoms with Gasteiger partial charge in [-0.3, -0.25) is 14.9 Å². The summed E-state index contributed by atoms with van der Waals surface area (Å²) in [6, 6.07) is 1.04. The predicted octanol–water partition coefficient (Wildman–Crippen LogP) is 0.324. The van der Waals surface area contributed by atoms with E-state index in [1.54, 1.807) is 6.08 Å². The number of hydrogen-bond donors (Lipinski definition) is 4. The zero-order valence-corrected chi connectivity index (χ0v) is 10.8. The van der Waals surface area contributed by atoms with E-state index >= 15 is 0 Å². The Morgan fingerprint density at radius 1 is 1.43 bits per heavy atom. The van der Waals surface area contributed by atoms with Crippen molar-refractivity contribution in [2.24, 2.45) is 5.73 Å². The number of carbonyl (C=O) groups is 2. The highest BCUT2D eigenvalue weighted by atomic mass is 16.6.